The number of aromatic nitrogens is 7. The number of anilines is 2. The van der Waals surface area contributed by atoms with Gasteiger partial charge in [0, 0.05) is 17.7 Å². The van der Waals surface area contributed by atoms with Crippen molar-refractivity contribution in [2.24, 2.45) is 5.92 Å². The Balaban J connectivity index is 1.23. The van der Waals surface area contributed by atoms with E-state index < -0.39 is 135 Å². The van der Waals surface area contributed by atoms with Gasteiger partial charge in [-0.25, -0.2) is 24.1 Å². The summed E-state index contributed by atoms with van der Waals surface area (Å²) in [6.45, 7) is 21.3. The second kappa shape index (κ2) is 21.7. The lowest BCUT2D eigenvalue weighted by Crippen LogP contribution is -2.50. The molecule has 25 nitrogen and oxygen atoms in total. The second-order valence-corrected chi connectivity index (χ2v) is 34.6. The van der Waals surface area contributed by atoms with Crippen LogP contribution in [0.2, 0.25) is 36.3 Å². The molecule has 0 spiro atoms. The predicted octanol–water partition coefficient (Wildman–Crippen LogP) is 7.94. The number of carbonyl (C=O) groups excluding carboxylic acids is 2. The number of imidazole rings is 2. The minimum Gasteiger partial charge on any atom is -0.408 e. The Kier molecular flexibility index (Phi) is 16.4. The van der Waals surface area contributed by atoms with Gasteiger partial charge in [0.2, 0.25) is 11.9 Å². The average molecular weight is 1130 g/mol. The number of carbonyl (C=O) groups is 2. The monoisotopic (exact) mass is 1130 g/mol. The van der Waals surface area contributed by atoms with Crippen molar-refractivity contribution in [2.75, 3.05) is 30.5 Å². The van der Waals surface area contributed by atoms with Crippen LogP contribution in [0.15, 0.2) is 60.0 Å². The van der Waals surface area contributed by atoms with Crippen LogP contribution in [0.1, 0.15) is 84.6 Å². The zero-order valence-corrected chi connectivity index (χ0v) is 48.2. The van der Waals surface area contributed by atoms with Crippen LogP contribution >= 0.6 is 15.6 Å². The molecule has 0 aliphatic carbocycles. The van der Waals surface area contributed by atoms with E-state index in [0.717, 1.165) is 0 Å². The zero-order valence-electron chi connectivity index (χ0n) is 44.4. The number of fused-ring (bicyclic) bond motifs is 5. The highest BCUT2D eigenvalue weighted by Gasteiger charge is 2.58. The van der Waals surface area contributed by atoms with Crippen molar-refractivity contribution in [3.05, 3.63) is 71.2 Å². The van der Waals surface area contributed by atoms with Gasteiger partial charge in [0.15, 0.2) is 46.1 Å². The number of phosphoric acid groups is 2. The molecule has 3 saturated heterocycles. The summed E-state index contributed by atoms with van der Waals surface area (Å²) in [4.78, 5) is 71.8. The van der Waals surface area contributed by atoms with E-state index in [0.29, 0.717) is 11.1 Å². The molecule has 8 rings (SSSR count). The summed E-state index contributed by atoms with van der Waals surface area (Å²) in [6, 6.07) is 12.2. The van der Waals surface area contributed by atoms with Crippen LogP contribution in [0, 0.1) is 17.2 Å². The first kappa shape index (κ1) is 57.3. The highest BCUT2D eigenvalue weighted by Crippen LogP contribution is 2.58. The van der Waals surface area contributed by atoms with Crippen LogP contribution in [0.3, 0.4) is 0 Å². The maximum absolute atomic E-state index is 15.5. The number of ether oxygens (including phenoxy) is 2. The smallest absolute Gasteiger partial charge is 0.408 e. The van der Waals surface area contributed by atoms with Crippen molar-refractivity contribution >= 4 is 78.1 Å². The molecule has 3 fully saturated rings. The Morgan fingerprint density at radius 3 is 2.14 bits per heavy atom. The van der Waals surface area contributed by atoms with Crippen molar-refractivity contribution in [1.82, 2.24) is 34.1 Å². The number of hydrogen-bond acceptors (Lipinski definition) is 19. The number of phosphoric ester groups is 2. The molecule has 76 heavy (non-hydrogen) atoms. The number of H-pyrrole nitrogens is 1. The fourth-order valence-corrected chi connectivity index (χ4v) is 13.0. The van der Waals surface area contributed by atoms with E-state index in [9.17, 15) is 29.1 Å². The maximum Gasteiger partial charge on any atom is 0.475 e. The van der Waals surface area contributed by atoms with Crippen LogP contribution in [0.5, 0.6) is 0 Å². The second-order valence-electron chi connectivity index (χ2n) is 22.1. The lowest BCUT2D eigenvalue weighted by Gasteiger charge is -2.41. The fourth-order valence-electron chi connectivity index (χ4n) is 8.10. The predicted molar refractivity (Wildman–Crippen MR) is 281 cm³/mol. The standard InChI is InChI=1S/C47H66N10O15P2Si2/c1-27(2)40(58)54-45-53-39-33(42(60)55-45)51-26-57(39)43-36-35(71-75(9,10)46(3,4)5)31(68-43)23-65-73(61,62)69-34-30(24-66-74(63,70-36)64-22-16-20-48)67-44(37(34)72-76(11,12)47(6,7)8)56-25-50-32-29(56)19-21-49-38(32)52-41(59)28-17-14-13-15-18-28/h13-15,17-19,21,25-27,30-31,34-37,43-44H,16,22-24H2,1-12H3,(H,61,62)(H,49,52,59)(H2,53,54,55,58,60)/t30-,31-,34-,35-,36-,37-,43-,44-,74?/m1/s1. The van der Waals surface area contributed by atoms with E-state index in [1.807, 2.05) is 73.8 Å². The van der Waals surface area contributed by atoms with E-state index >= 15 is 4.57 Å². The number of rotatable bonds is 13. The van der Waals surface area contributed by atoms with Crippen molar-refractivity contribution in [1.29, 1.82) is 5.26 Å². The Hall–Kier alpha value is -4.89. The number of aromatic amines is 1. The third-order valence-electron chi connectivity index (χ3n) is 14.3. The normalized spacial score (nSPS) is 27.9. The number of nitrogens with one attached hydrogen (secondary N) is 3. The molecule has 2 bridgehead atoms. The quantitative estimate of drug-likeness (QED) is 0.0494. The maximum atomic E-state index is 15.5. The number of nitriles is 1. The topological polar surface area (TPSA) is 314 Å². The van der Waals surface area contributed by atoms with Gasteiger partial charge in [-0.1, -0.05) is 73.6 Å². The summed E-state index contributed by atoms with van der Waals surface area (Å²) in [6.07, 6.45) is -6.96. The van der Waals surface area contributed by atoms with Gasteiger partial charge in [-0.15, -0.1) is 0 Å². The molecule has 3 aliphatic heterocycles. The van der Waals surface area contributed by atoms with E-state index in [1.54, 1.807) is 54.8 Å². The molecular formula is C47H66N10O15P2Si2. The lowest BCUT2D eigenvalue weighted by atomic mass is 10.1. The summed E-state index contributed by atoms with van der Waals surface area (Å²) >= 11 is 0. The molecule has 5 aromatic rings. The first-order chi connectivity index (χ1) is 35.5. The minimum absolute atomic E-state index is 0.0954. The Morgan fingerprint density at radius 1 is 0.855 bits per heavy atom. The highest BCUT2D eigenvalue weighted by atomic mass is 31.2. The summed E-state index contributed by atoms with van der Waals surface area (Å²) in [5, 5.41) is 14.1. The van der Waals surface area contributed by atoms with Gasteiger partial charge in [-0.3, -0.25) is 51.9 Å². The molecule has 4 aromatic heterocycles. The van der Waals surface area contributed by atoms with Gasteiger partial charge in [-0.05, 0) is 54.5 Å². The van der Waals surface area contributed by atoms with Gasteiger partial charge >= 0.3 is 15.6 Å². The van der Waals surface area contributed by atoms with Crippen LogP contribution in [0.4, 0.5) is 11.8 Å². The van der Waals surface area contributed by atoms with Gasteiger partial charge in [0.05, 0.1) is 50.5 Å². The summed E-state index contributed by atoms with van der Waals surface area (Å²) in [5.74, 6) is -1.41. The molecule has 4 N–H and O–H groups in total. The Labute approximate surface area is 441 Å². The molecular weight excluding hydrogens is 1060 g/mol. The van der Waals surface area contributed by atoms with Crippen LogP contribution in [0.25, 0.3) is 22.2 Å². The lowest BCUT2D eigenvalue weighted by molar-refractivity contribution is -0.118. The van der Waals surface area contributed by atoms with Crippen molar-refractivity contribution in [3.63, 3.8) is 0 Å². The molecule has 2 amide bonds. The summed E-state index contributed by atoms with van der Waals surface area (Å²) in [7, 11) is -16.0. The molecule has 0 saturated carbocycles. The third-order valence-corrected chi connectivity index (χ3v) is 25.7. The fraction of sp³-hybridized carbons (Fsp3) is 0.574. The first-order valence-electron chi connectivity index (χ1n) is 24.7. The number of amides is 2. The van der Waals surface area contributed by atoms with Gasteiger partial charge < -0.3 is 33.1 Å². The van der Waals surface area contributed by atoms with Crippen molar-refractivity contribution < 1.29 is 64.6 Å². The number of benzene rings is 1. The average Bonchev–Trinajstić information content (AvgIpc) is 4.11. The Bertz CT molecular complexity index is 3160. The molecule has 2 unspecified atom stereocenters. The van der Waals surface area contributed by atoms with Gasteiger partial charge in [0.25, 0.3) is 11.5 Å². The van der Waals surface area contributed by atoms with Crippen LogP contribution < -0.4 is 16.2 Å². The van der Waals surface area contributed by atoms with E-state index in [-0.39, 0.29) is 34.9 Å². The molecule has 412 valence electrons. The molecule has 10 atom stereocenters. The first-order valence-corrected chi connectivity index (χ1v) is 33.5. The molecule has 29 heteroatoms. The van der Waals surface area contributed by atoms with E-state index in [4.69, 9.17) is 40.9 Å². The van der Waals surface area contributed by atoms with Gasteiger partial charge in [-0.2, -0.15) is 10.2 Å². The number of nitrogens with zero attached hydrogens (tertiary/aromatic N) is 7. The van der Waals surface area contributed by atoms with Gasteiger partial charge in [0.1, 0.15) is 42.1 Å². The molecule has 7 heterocycles. The summed E-state index contributed by atoms with van der Waals surface area (Å²) < 4.78 is 91.4. The number of pyridine rings is 1. The minimum atomic E-state index is -5.22. The molecule has 1 aromatic carbocycles. The third kappa shape index (κ3) is 12.1. The van der Waals surface area contributed by atoms with Crippen LogP contribution in [-0.4, -0.2) is 124 Å². The Morgan fingerprint density at radius 2 is 1.49 bits per heavy atom. The SMILES string of the molecule is CC(C)C(=O)Nc1nc2c(ncn2[C@@H]2O[C@@H]3COP(=O)(O)O[C@H]4[C@@H](O[Si](C)(C)C(C)(C)C)[C@H](n5cnc6c(NC(=O)c7ccccc7)nccc65)O[C@@H]4COP(=O)(OCCC#N)O[C@@H]2[C@@H]3O[Si](C)(C)C(C)(C)C)c(=O)[nH]1. The van der Waals surface area contributed by atoms with E-state index in [2.05, 4.69) is 35.6 Å². The molecule has 3 aliphatic rings. The van der Waals surface area contributed by atoms with E-state index in [1.165, 1.54) is 23.4 Å². The number of hydrogen-bond donors (Lipinski definition) is 4. The molecule has 0 radical (unpaired) electrons. The zero-order chi connectivity index (χ0) is 55.3. The summed E-state index contributed by atoms with van der Waals surface area (Å²) in [5.41, 5.74) is 0.118. The largest absolute Gasteiger partial charge is 0.475 e. The highest BCUT2D eigenvalue weighted by molar-refractivity contribution is 7.48. The van der Waals surface area contributed by atoms with Crippen LogP contribution in [-0.2, 0) is 54.9 Å². The van der Waals surface area contributed by atoms with Crippen molar-refractivity contribution in [3.8, 4) is 6.07 Å². The van der Waals surface area contributed by atoms with Crippen molar-refractivity contribution in [2.45, 2.75) is 147 Å².